The summed E-state index contributed by atoms with van der Waals surface area (Å²) in [7, 11) is 2.79. The Morgan fingerprint density at radius 3 is 1.96 bits per heavy atom. The van der Waals surface area contributed by atoms with E-state index in [1.165, 1.54) is 55.1 Å². The number of hydrogen-bond donors (Lipinski definition) is 8. The monoisotopic (exact) mass is 993 g/mol. The number of ether oxygens (including phenoxy) is 2. The van der Waals surface area contributed by atoms with Crippen LogP contribution in [0.15, 0.2) is 54.6 Å². The number of aliphatic hydroxyl groups is 1. The number of hydrogen-bond acceptors (Lipinski definition) is 13. The third-order valence-corrected chi connectivity index (χ3v) is 12.5. The SMILES string of the molecule is CO[C@@H]1CC[C@H]2C(=O)N[C@@H](CC(C)C)C(=O)N(C)[C@@H](Cc3ccccc3)C(=O)N[C@@H](C(C)C)C(=O)O[C@H](C)[C@H](NC(=O)[C@H](CC(N)=O)NC(=O)[C@H](O)Cc3ccc(O)cc3)C(=O)N[C@@H](CC(C)C)C(=O)N12. The maximum atomic E-state index is 14.9. The Labute approximate surface area is 414 Å². The molecule has 2 aliphatic rings. The molecule has 10 atom stereocenters. The molecule has 4 rings (SSSR count). The first-order valence-corrected chi connectivity index (χ1v) is 24.0. The number of carbonyl (C=O) groups excluding carboxylic acids is 9. The molecule has 0 aromatic heterocycles. The second-order valence-electron chi connectivity index (χ2n) is 19.5. The van der Waals surface area contributed by atoms with Gasteiger partial charge < -0.3 is 61.8 Å². The van der Waals surface area contributed by atoms with Crippen molar-refractivity contribution in [3.63, 3.8) is 0 Å². The van der Waals surface area contributed by atoms with E-state index in [9.17, 15) is 53.4 Å². The molecule has 390 valence electrons. The summed E-state index contributed by atoms with van der Waals surface area (Å²) in [4.78, 5) is 130. The molecule has 0 bridgehead atoms. The summed E-state index contributed by atoms with van der Waals surface area (Å²) in [5.74, 6) is -9.23. The Balaban J connectivity index is 1.83. The minimum atomic E-state index is -1.86. The van der Waals surface area contributed by atoms with Crippen molar-refractivity contribution in [2.24, 2.45) is 23.5 Å². The predicted molar refractivity (Wildman–Crippen MR) is 258 cm³/mol. The molecule has 0 spiro atoms. The van der Waals surface area contributed by atoms with Gasteiger partial charge in [0.25, 0.3) is 0 Å². The molecule has 2 fully saturated rings. The van der Waals surface area contributed by atoms with Crippen LogP contribution in [0.5, 0.6) is 5.75 Å². The molecule has 2 aromatic carbocycles. The largest absolute Gasteiger partial charge is 0.508 e. The van der Waals surface area contributed by atoms with Crippen LogP contribution in [0.1, 0.15) is 91.7 Å². The van der Waals surface area contributed by atoms with E-state index in [1.807, 2.05) is 13.8 Å². The number of esters is 1. The Kier molecular flexibility index (Phi) is 20.9. The number of nitrogens with zero attached hydrogens (tertiary/aromatic N) is 2. The Morgan fingerprint density at radius 1 is 0.803 bits per heavy atom. The lowest BCUT2D eigenvalue weighted by atomic mass is 9.98. The molecule has 21 heteroatoms. The van der Waals surface area contributed by atoms with Gasteiger partial charge in [0.2, 0.25) is 47.3 Å². The van der Waals surface area contributed by atoms with Gasteiger partial charge in [-0.15, -0.1) is 0 Å². The molecule has 0 unspecified atom stereocenters. The van der Waals surface area contributed by atoms with Gasteiger partial charge in [0.05, 0.1) is 6.42 Å². The number of phenols is 1. The highest BCUT2D eigenvalue weighted by Gasteiger charge is 2.46. The minimum Gasteiger partial charge on any atom is -0.508 e. The Bertz CT molecular complexity index is 2210. The lowest BCUT2D eigenvalue weighted by molar-refractivity contribution is -0.158. The highest BCUT2D eigenvalue weighted by atomic mass is 16.5. The number of fused-ring (bicyclic) bond motifs is 1. The molecular weight excluding hydrogens is 921 g/mol. The van der Waals surface area contributed by atoms with Crippen molar-refractivity contribution < 1.29 is 62.8 Å². The van der Waals surface area contributed by atoms with E-state index in [1.54, 1.807) is 58.0 Å². The van der Waals surface area contributed by atoms with Gasteiger partial charge >= 0.3 is 5.97 Å². The van der Waals surface area contributed by atoms with Crippen LogP contribution in [0.4, 0.5) is 0 Å². The smallest absolute Gasteiger partial charge is 0.329 e. The summed E-state index contributed by atoms with van der Waals surface area (Å²) in [5.41, 5.74) is 6.61. The summed E-state index contributed by atoms with van der Waals surface area (Å²) in [6.07, 6.45) is -4.86. The average Bonchev–Trinajstić information content (AvgIpc) is 3.74. The van der Waals surface area contributed by atoms with E-state index in [0.717, 1.165) is 0 Å². The van der Waals surface area contributed by atoms with E-state index < -0.39 is 126 Å². The Morgan fingerprint density at radius 2 is 1.39 bits per heavy atom. The quantitative estimate of drug-likeness (QED) is 0.105. The molecule has 2 aromatic rings. The van der Waals surface area contributed by atoms with Crippen molar-refractivity contribution in [2.45, 2.75) is 154 Å². The first kappa shape index (κ1) is 57.0. The van der Waals surface area contributed by atoms with Gasteiger partial charge in [-0.2, -0.15) is 0 Å². The number of aliphatic hydroxyl groups excluding tert-OH is 1. The molecule has 2 saturated heterocycles. The lowest BCUT2D eigenvalue weighted by Crippen LogP contribution is -2.62. The topological polar surface area (TPSA) is 305 Å². The number of likely N-dealkylation sites (N-methyl/N-ethyl adjacent to an activating group) is 1. The van der Waals surface area contributed by atoms with Crippen LogP contribution in [0.3, 0.4) is 0 Å². The van der Waals surface area contributed by atoms with Gasteiger partial charge in [0, 0.05) is 27.0 Å². The van der Waals surface area contributed by atoms with E-state index >= 15 is 0 Å². The van der Waals surface area contributed by atoms with E-state index in [2.05, 4.69) is 26.6 Å². The molecular formula is C50H72N8O13. The second-order valence-corrected chi connectivity index (χ2v) is 19.5. The number of benzene rings is 2. The third kappa shape index (κ3) is 15.9. The fourth-order valence-corrected chi connectivity index (χ4v) is 8.65. The van der Waals surface area contributed by atoms with Crippen molar-refractivity contribution in [2.75, 3.05) is 14.2 Å². The van der Waals surface area contributed by atoms with Crippen LogP contribution in [0.2, 0.25) is 0 Å². The minimum absolute atomic E-state index is 0.00344. The summed E-state index contributed by atoms with van der Waals surface area (Å²) in [6.45, 7) is 11.8. The number of carbonyl (C=O) groups is 9. The van der Waals surface area contributed by atoms with Gasteiger partial charge in [0.1, 0.15) is 66.5 Å². The van der Waals surface area contributed by atoms with Gasteiger partial charge in [-0.25, -0.2) is 4.79 Å². The van der Waals surface area contributed by atoms with Crippen LogP contribution in [-0.4, -0.2) is 148 Å². The molecule has 0 aliphatic carbocycles. The maximum Gasteiger partial charge on any atom is 0.329 e. The zero-order chi connectivity index (χ0) is 52.9. The number of aromatic hydroxyl groups is 1. The summed E-state index contributed by atoms with van der Waals surface area (Å²) in [5, 5.41) is 33.4. The van der Waals surface area contributed by atoms with Gasteiger partial charge in [-0.05, 0) is 73.6 Å². The van der Waals surface area contributed by atoms with E-state index in [4.69, 9.17) is 15.2 Å². The summed E-state index contributed by atoms with van der Waals surface area (Å²) < 4.78 is 11.6. The summed E-state index contributed by atoms with van der Waals surface area (Å²) >= 11 is 0. The number of nitrogens with one attached hydrogen (secondary N) is 5. The van der Waals surface area contributed by atoms with Crippen molar-refractivity contribution in [3.05, 3.63) is 65.7 Å². The normalized spacial score (nSPS) is 25.0. The van der Waals surface area contributed by atoms with E-state index in [-0.39, 0.29) is 56.1 Å². The highest BCUT2D eigenvalue weighted by molar-refractivity contribution is 5.99. The van der Waals surface area contributed by atoms with Crippen molar-refractivity contribution in [1.82, 2.24) is 36.4 Å². The molecule has 0 radical (unpaired) electrons. The van der Waals surface area contributed by atoms with Crippen LogP contribution in [0, 0.1) is 17.8 Å². The first-order valence-electron chi connectivity index (χ1n) is 24.0. The van der Waals surface area contributed by atoms with Crippen LogP contribution < -0.4 is 32.3 Å². The number of phenolic OH excluding ortho intramolecular Hbond substituents is 1. The molecule has 9 N–H and O–H groups in total. The van der Waals surface area contributed by atoms with Gasteiger partial charge in [-0.3, -0.25) is 38.4 Å². The molecule has 21 nitrogen and oxygen atoms in total. The van der Waals surface area contributed by atoms with Crippen LogP contribution in [0.25, 0.3) is 0 Å². The molecule has 0 saturated carbocycles. The van der Waals surface area contributed by atoms with E-state index in [0.29, 0.717) is 11.1 Å². The lowest BCUT2D eigenvalue weighted by Gasteiger charge is -2.35. The summed E-state index contributed by atoms with van der Waals surface area (Å²) in [6, 6.07) is 4.48. The first-order chi connectivity index (χ1) is 33.4. The molecule has 8 amide bonds. The zero-order valence-electron chi connectivity index (χ0n) is 42.0. The number of amides is 8. The van der Waals surface area contributed by atoms with Crippen molar-refractivity contribution in [1.29, 1.82) is 0 Å². The zero-order valence-corrected chi connectivity index (χ0v) is 42.0. The van der Waals surface area contributed by atoms with Crippen molar-refractivity contribution in [3.8, 4) is 5.75 Å². The van der Waals surface area contributed by atoms with Gasteiger partial charge in [-0.1, -0.05) is 84.0 Å². The number of rotatable bonds is 16. The van der Waals surface area contributed by atoms with Crippen LogP contribution in [-0.2, 0) is 65.5 Å². The third-order valence-electron chi connectivity index (χ3n) is 12.5. The fraction of sp³-hybridized carbons (Fsp3) is 0.580. The predicted octanol–water partition coefficient (Wildman–Crippen LogP) is 0.322. The highest BCUT2D eigenvalue weighted by Crippen LogP contribution is 2.28. The van der Waals surface area contributed by atoms with Crippen molar-refractivity contribution >= 4 is 53.2 Å². The average molecular weight is 993 g/mol. The standard InChI is InChI=1S/C50H72N8O13/c1-26(2)21-34-48(67)57(8)37(23-30-13-11-10-12-14-30)45(64)55-41(28(5)6)50(69)71-29(7)42(47(66)54-35(22-27(3)4)49(68)58-36(44(63)53-34)19-20-40(58)70-9)56-43(62)33(25-39(51)61)52-46(65)38(60)24-31-15-17-32(59)18-16-31/h10-18,26-29,33-38,40-42,59-60H,19-25H2,1-9H3,(H2,51,61)(H,52,65)(H,53,63)(H,54,66)(H,55,64)(H,56,62)/t29-,33+,34+,35+,36+,37+,38-,40-,41+,42+/m1/s1. The molecule has 2 heterocycles. The Hall–Kier alpha value is -6.61. The fourth-order valence-electron chi connectivity index (χ4n) is 8.65. The number of primary amides is 1. The molecule has 71 heavy (non-hydrogen) atoms. The number of nitrogens with two attached hydrogens (primary N) is 1. The molecule has 2 aliphatic heterocycles. The van der Waals surface area contributed by atoms with Gasteiger partial charge in [0.15, 0.2) is 0 Å². The maximum absolute atomic E-state index is 14.9. The number of cyclic esters (lactones) is 1. The number of methoxy groups -OCH3 is 1. The van der Waals surface area contributed by atoms with Crippen LogP contribution >= 0.6 is 0 Å². The second kappa shape index (κ2) is 26.0.